The lowest BCUT2D eigenvalue weighted by atomic mass is 10.1. The van der Waals surface area contributed by atoms with Crippen LogP contribution in [-0.2, 0) is 0 Å². The molecule has 27 heavy (non-hydrogen) atoms. The van der Waals surface area contributed by atoms with Crippen molar-refractivity contribution in [1.29, 1.82) is 0 Å². The van der Waals surface area contributed by atoms with E-state index in [-0.39, 0.29) is 0 Å². The Morgan fingerprint density at radius 3 is 2.37 bits per heavy atom. The molecule has 2 aromatic heterocycles. The van der Waals surface area contributed by atoms with E-state index in [9.17, 15) is 0 Å². The van der Waals surface area contributed by atoms with Gasteiger partial charge < -0.3 is 20.0 Å². The van der Waals surface area contributed by atoms with Crippen LogP contribution in [0.2, 0.25) is 0 Å². The summed E-state index contributed by atoms with van der Waals surface area (Å²) in [5.74, 6) is 2.15. The molecule has 0 aromatic carbocycles. The van der Waals surface area contributed by atoms with Gasteiger partial charge in [-0.2, -0.15) is 0 Å². The Morgan fingerprint density at radius 2 is 1.70 bits per heavy atom. The lowest BCUT2D eigenvalue weighted by Crippen LogP contribution is -2.43. The van der Waals surface area contributed by atoms with Crippen LogP contribution >= 0.6 is 0 Å². The van der Waals surface area contributed by atoms with Crippen LogP contribution in [0, 0.1) is 0 Å². The minimum Gasteiger partial charge on any atom is -0.387 e. The molecule has 1 atom stereocenters. The van der Waals surface area contributed by atoms with Gasteiger partial charge in [-0.25, -0.2) is 9.97 Å². The maximum absolute atomic E-state index is 4.76. The van der Waals surface area contributed by atoms with Gasteiger partial charge in [0.2, 0.25) is 0 Å². The molecule has 144 valence electrons. The summed E-state index contributed by atoms with van der Waals surface area (Å²) in [6.45, 7) is 3.31. The van der Waals surface area contributed by atoms with Crippen LogP contribution in [0.5, 0.6) is 0 Å². The van der Waals surface area contributed by atoms with Gasteiger partial charge in [0.25, 0.3) is 0 Å². The Hall–Kier alpha value is -2.50. The van der Waals surface area contributed by atoms with Crippen LogP contribution in [0.3, 0.4) is 0 Å². The predicted molar refractivity (Wildman–Crippen MR) is 113 cm³/mol. The second-order valence-electron chi connectivity index (χ2n) is 7.50. The van der Waals surface area contributed by atoms with Crippen molar-refractivity contribution in [3.8, 4) is 0 Å². The Kier molecular flexibility index (Phi) is 5.32. The van der Waals surface area contributed by atoms with Crippen molar-refractivity contribution in [2.75, 3.05) is 53.7 Å². The molecule has 1 N–H and O–H groups in total. The maximum atomic E-state index is 4.76. The molecule has 2 aliphatic heterocycles. The van der Waals surface area contributed by atoms with Crippen LogP contribution in [0.4, 0.5) is 23.0 Å². The highest BCUT2D eigenvalue weighted by molar-refractivity contribution is 5.55. The van der Waals surface area contributed by atoms with Gasteiger partial charge >= 0.3 is 0 Å². The van der Waals surface area contributed by atoms with Crippen molar-refractivity contribution < 1.29 is 0 Å². The highest BCUT2D eigenvalue weighted by atomic mass is 15.4. The average Bonchev–Trinajstić information content (AvgIpc) is 3.24. The highest BCUT2D eigenvalue weighted by Gasteiger charge is 2.29. The van der Waals surface area contributed by atoms with Crippen LogP contribution in [0.1, 0.15) is 32.1 Å². The van der Waals surface area contributed by atoms with Gasteiger partial charge in [-0.05, 0) is 56.4 Å². The molecule has 2 saturated heterocycles. The predicted octanol–water partition coefficient (Wildman–Crippen LogP) is 3.57. The van der Waals surface area contributed by atoms with Gasteiger partial charge in [0.1, 0.15) is 17.8 Å². The molecule has 0 saturated carbocycles. The molecule has 0 spiro atoms. The number of piperidine rings is 1. The van der Waals surface area contributed by atoms with Gasteiger partial charge in [0.15, 0.2) is 0 Å². The van der Waals surface area contributed by atoms with Gasteiger partial charge in [0.05, 0.1) is 23.8 Å². The van der Waals surface area contributed by atoms with Crippen molar-refractivity contribution in [3.63, 3.8) is 0 Å². The number of nitrogens with zero attached hydrogens (tertiary/aromatic N) is 5. The fraction of sp³-hybridized carbons (Fsp3) is 0.524. The zero-order valence-electron chi connectivity index (χ0n) is 16.4. The fourth-order valence-electron chi connectivity index (χ4n) is 4.19. The normalized spacial score (nSPS) is 20.0. The summed E-state index contributed by atoms with van der Waals surface area (Å²) < 4.78 is 0. The van der Waals surface area contributed by atoms with E-state index in [4.69, 9.17) is 4.98 Å². The maximum Gasteiger partial charge on any atom is 0.130 e. The Bertz CT molecular complexity index is 723. The average molecular weight is 367 g/mol. The number of hydrogen-bond acceptors (Lipinski definition) is 6. The third-order valence-corrected chi connectivity index (χ3v) is 5.82. The molecule has 0 radical (unpaired) electrons. The van der Waals surface area contributed by atoms with Gasteiger partial charge in [-0.1, -0.05) is 0 Å². The van der Waals surface area contributed by atoms with Gasteiger partial charge in [-0.15, -0.1) is 0 Å². The van der Waals surface area contributed by atoms with E-state index in [2.05, 4.69) is 56.3 Å². The molecular weight excluding hydrogens is 336 g/mol. The van der Waals surface area contributed by atoms with E-state index >= 15 is 0 Å². The SMILES string of the molecule is CNc1ccc(N2CCCC2N(C)c2ccc(N3CCCCC3)nc2)nc1. The van der Waals surface area contributed by atoms with E-state index in [1.165, 1.54) is 31.4 Å². The lowest BCUT2D eigenvalue weighted by Gasteiger charge is -2.35. The Balaban J connectivity index is 1.47. The van der Waals surface area contributed by atoms with E-state index in [0.717, 1.165) is 43.4 Å². The minimum atomic E-state index is 0.320. The number of rotatable bonds is 5. The van der Waals surface area contributed by atoms with E-state index in [0.29, 0.717) is 6.17 Å². The van der Waals surface area contributed by atoms with Gasteiger partial charge in [-0.3, -0.25) is 0 Å². The van der Waals surface area contributed by atoms with E-state index < -0.39 is 0 Å². The van der Waals surface area contributed by atoms with Crippen LogP contribution < -0.4 is 20.0 Å². The van der Waals surface area contributed by atoms with Crippen molar-refractivity contribution in [2.24, 2.45) is 0 Å². The molecule has 6 nitrogen and oxygen atoms in total. The summed E-state index contributed by atoms with van der Waals surface area (Å²) in [6, 6.07) is 8.59. The first-order valence-corrected chi connectivity index (χ1v) is 10.1. The summed E-state index contributed by atoms with van der Waals surface area (Å²) in [6.07, 6.45) is 10.5. The molecule has 0 aliphatic carbocycles. The second kappa shape index (κ2) is 8.03. The summed E-state index contributed by atoms with van der Waals surface area (Å²) in [4.78, 5) is 16.6. The highest BCUT2D eigenvalue weighted by Crippen LogP contribution is 2.29. The first kappa shape index (κ1) is 17.9. The zero-order valence-corrected chi connectivity index (χ0v) is 16.4. The van der Waals surface area contributed by atoms with Gasteiger partial charge in [0, 0.05) is 33.7 Å². The van der Waals surface area contributed by atoms with Crippen molar-refractivity contribution in [3.05, 3.63) is 36.7 Å². The standard InChI is InChI=1S/C21H30N6/c1-22-17-8-10-20(23-15-17)27-14-6-7-21(27)25(2)18-9-11-19(24-16-18)26-12-4-3-5-13-26/h8-11,15-16,21-22H,3-7,12-14H2,1-2H3. The number of anilines is 4. The summed E-state index contributed by atoms with van der Waals surface area (Å²) in [7, 11) is 4.09. The van der Waals surface area contributed by atoms with Crippen LogP contribution in [0.15, 0.2) is 36.7 Å². The first-order chi connectivity index (χ1) is 13.3. The van der Waals surface area contributed by atoms with E-state index in [1.807, 2.05) is 19.4 Å². The minimum absolute atomic E-state index is 0.320. The zero-order chi connectivity index (χ0) is 18.6. The molecule has 0 amide bonds. The topological polar surface area (TPSA) is 47.5 Å². The summed E-state index contributed by atoms with van der Waals surface area (Å²) in [5, 5.41) is 3.13. The number of hydrogen-bond donors (Lipinski definition) is 1. The number of aromatic nitrogens is 2. The molecule has 4 rings (SSSR count). The smallest absolute Gasteiger partial charge is 0.130 e. The largest absolute Gasteiger partial charge is 0.387 e. The number of nitrogens with one attached hydrogen (secondary N) is 1. The Morgan fingerprint density at radius 1 is 0.926 bits per heavy atom. The van der Waals surface area contributed by atoms with E-state index in [1.54, 1.807) is 0 Å². The summed E-state index contributed by atoms with van der Waals surface area (Å²) in [5.41, 5.74) is 2.21. The first-order valence-electron chi connectivity index (χ1n) is 10.1. The fourth-order valence-corrected chi connectivity index (χ4v) is 4.19. The molecule has 6 heteroatoms. The molecule has 2 fully saturated rings. The van der Waals surface area contributed by atoms with Crippen LogP contribution in [-0.4, -0.2) is 49.9 Å². The molecule has 2 aliphatic rings. The third-order valence-electron chi connectivity index (χ3n) is 5.82. The second-order valence-corrected chi connectivity index (χ2v) is 7.50. The third kappa shape index (κ3) is 3.80. The Labute approximate surface area is 162 Å². The molecular formula is C21H30N6. The molecule has 4 heterocycles. The molecule has 2 aromatic rings. The molecule has 1 unspecified atom stereocenters. The lowest BCUT2D eigenvalue weighted by molar-refractivity contribution is 0.573. The quantitative estimate of drug-likeness (QED) is 0.873. The summed E-state index contributed by atoms with van der Waals surface area (Å²) >= 11 is 0. The monoisotopic (exact) mass is 366 g/mol. The van der Waals surface area contributed by atoms with Crippen LogP contribution in [0.25, 0.3) is 0 Å². The van der Waals surface area contributed by atoms with Crippen molar-refractivity contribution in [1.82, 2.24) is 9.97 Å². The van der Waals surface area contributed by atoms with Crippen molar-refractivity contribution >= 4 is 23.0 Å². The number of pyridine rings is 2. The molecule has 0 bridgehead atoms. The van der Waals surface area contributed by atoms with Crippen molar-refractivity contribution in [2.45, 2.75) is 38.3 Å².